The Hall–Kier alpha value is -3.29. The molecule has 0 heterocycles. The van der Waals surface area contributed by atoms with E-state index in [1.54, 1.807) is 18.2 Å². The topological polar surface area (TPSA) is 64.6 Å². The van der Waals surface area contributed by atoms with E-state index in [1.807, 2.05) is 0 Å². The van der Waals surface area contributed by atoms with Crippen LogP contribution in [0.15, 0.2) is 54.2 Å². The summed E-state index contributed by atoms with van der Waals surface area (Å²) < 4.78 is 48.6. The molecule has 0 aliphatic rings. The SMILES string of the molecule is COC(=O)/C(=C/c1cc(OC)cc(C(F)(F)F)c1)NC(=O)c1ccccc1. The number of carbonyl (C=O) groups excluding carboxylic acids is 2. The van der Waals surface area contributed by atoms with E-state index in [0.717, 1.165) is 25.3 Å². The number of carbonyl (C=O) groups is 2. The molecule has 1 amide bonds. The van der Waals surface area contributed by atoms with Gasteiger partial charge in [-0.3, -0.25) is 4.79 Å². The maximum absolute atomic E-state index is 13.0. The van der Waals surface area contributed by atoms with Crippen LogP contribution in [0.5, 0.6) is 5.75 Å². The number of hydrogen-bond acceptors (Lipinski definition) is 4. The fraction of sp³-hybridized carbons (Fsp3) is 0.158. The van der Waals surface area contributed by atoms with Gasteiger partial charge in [-0.25, -0.2) is 4.79 Å². The van der Waals surface area contributed by atoms with Crippen LogP contribution in [0.1, 0.15) is 21.5 Å². The molecule has 1 N–H and O–H groups in total. The van der Waals surface area contributed by atoms with Crippen LogP contribution in [0, 0.1) is 0 Å². The number of esters is 1. The Morgan fingerprint density at radius 1 is 1.04 bits per heavy atom. The molecular formula is C19H16F3NO4. The Morgan fingerprint density at radius 3 is 2.26 bits per heavy atom. The normalized spacial score (nSPS) is 11.7. The Labute approximate surface area is 153 Å². The lowest BCUT2D eigenvalue weighted by Crippen LogP contribution is -2.28. The lowest BCUT2D eigenvalue weighted by molar-refractivity contribution is -0.138. The third kappa shape index (κ3) is 5.34. The van der Waals surface area contributed by atoms with Crippen molar-refractivity contribution in [2.45, 2.75) is 6.18 Å². The number of alkyl halides is 3. The molecule has 5 nitrogen and oxygen atoms in total. The minimum atomic E-state index is -4.60. The minimum Gasteiger partial charge on any atom is -0.497 e. The highest BCUT2D eigenvalue weighted by atomic mass is 19.4. The van der Waals surface area contributed by atoms with Crippen LogP contribution in [0.2, 0.25) is 0 Å². The second-order valence-electron chi connectivity index (χ2n) is 5.36. The van der Waals surface area contributed by atoms with Gasteiger partial charge in [0.1, 0.15) is 11.4 Å². The first-order chi connectivity index (χ1) is 12.7. The highest BCUT2D eigenvalue weighted by Gasteiger charge is 2.31. The molecule has 0 spiro atoms. The van der Waals surface area contributed by atoms with E-state index in [2.05, 4.69) is 10.1 Å². The number of amides is 1. The molecule has 27 heavy (non-hydrogen) atoms. The first kappa shape index (κ1) is 20.0. The van der Waals surface area contributed by atoms with E-state index in [1.165, 1.54) is 25.3 Å². The van der Waals surface area contributed by atoms with Gasteiger partial charge in [0.2, 0.25) is 0 Å². The molecule has 2 aromatic carbocycles. The first-order valence-electron chi connectivity index (χ1n) is 7.67. The Morgan fingerprint density at radius 2 is 1.70 bits per heavy atom. The second-order valence-corrected chi connectivity index (χ2v) is 5.36. The van der Waals surface area contributed by atoms with Gasteiger partial charge in [0.15, 0.2) is 0 Å². The predicted molar refractivity (Wildman–Crippen MR) is 91.9 cm³/mol. The average molecular weight is 379 g/mol. The van der Waals surface area contributed by atoms with Gasteiger partial charge in [-0.05, 0) is 42.0 Å². The molecule has 0 fully saturated rings. The van der Waals surface area contributed by atoms with Gasteiger partial charge in [-0.1, -0.05) is 18.2 Å². The number of benzene rings is 2. The summed E-state index contributed by atoms with van der Waals surface area (Å²) in [5.74, 6) is -1.56. The zero-order valence-corrected chi connectivity index (χ0v) is 14.5. The smallest absolute Gasteiger partial charge is 0.416 e. The van der Waals surface area contributed by atoms with E-state index in [0.29, 0.717) is 0 Å². The number of methoxy groups -OCH3 is 2. The molecule has 0 saturated heterocycles. The molecule has 2 aromatic rings. The van der Waals surface area contributed by atoms with Crippen LogP contribution in [-0.4, -0.2) is 26.1 Å². The fourth-order valence-corrected chi connectivity index (χ4v) is 2.19. The summed E-state index contributed by atoms with van der Waals surface area (Å²) in [4.78, 5) is 24.2. The molecule has 0 bridgehead atoms. The summed E-state index contributed by atoms with van der Waals surface area (Å²) in [5.41, 5.74) is -0.983. The van der Waals surface area contributed by atoms with Crippen LogP contribution in [-0.2, 0) is 15.7 Å². The second kappa shape index (κ2) is 8.39. The van der Waals surface area contributed by atoms with Crippen molar-refractivity contribution in [3.63, 3.8) is 0 Å². The maximum Gasteiger partial charge on any atom is 0.416 e. The lowest BCUT2D eigenvalue weighted by atomic mass is 10.1. The van der Waals surface area contributed by atoms with E-state index >= 15 is 0 Å². The summed E-state index contributed by atoms with van der Waals surface area (Å²) in [7, 11) is 2.32. The van der Waals surface area contributed by atoms with Gasteiger partial charge in [-0.2, -0.15) is 13.2 Å². The molecule has 0 aliphatic heterocycles. The molecule has 0 aliphatic carbocycles. The van der Waals surface area contributed by atoms with E-state index < -0.39 is 23.6 Å². The monoisotopic (exact) mass is 379 g/mol. The summed E-state index contributed by atoms with van der Waals surface area (Å²) in [6, 6.07) is 11.0. The van der Waals surface area contributed by atoms with Crippen LogP contribution < -0.4 is 10.1 Å². The standard InChI is InChI=1S/C19H16F3NO4/c1-26-15-9-12(8-14(11-15)19(20,21)22)10-16(18(25)27-2)23-17(24)13-6-4-3-5-7-13/h3-11H,1-2H3,(H,23,24)/b16-10-. The number of rotatable bonds is 5. The van der Waals surface area contributed by atoms with Crippen LogP contribution >= 0.6 is 0 Å². The van der Waals surface area contributed by atoms with Gasteiger partial charge < -0.3 is 14.8 Å². The van der Waals surface area contributed by atoms with Crippen molar-refractivity contribution in [3.8, 4) is 5.75 Å². The molecule has 0 radical (unpaired) electrons. The molecule has 0 unspecified atom stereocenters. The largest absolute Gasteiger partial charge is 0.497 e. The van der Waals surface area contributed by atoms with Crippen molar-refractivity contribution in [1.29, 1.82) is 0 Å². The lowest BCUT2D eigenvalue weighted by Gasteiger charge is -2.12. The highest BCUT2D eigenvalue weighted by Crippen LogP contribution is 2.33. The molecule has 0 saturated carbocycles. The summed E-state index contributed by atoms with van der Waals surface area (Å²) in [6.45, 7) is 0. The number of ether oxygens (including phenoxy) is 2. The van der Waals surface area contributed by atoms with Gasteiger partial charge in [0.05, 0.1) is 19.8 Å². The van der Waals surface area contributed by atoms with Crippen LogP contribution in [0.25, 0.3) is 6.08 Å². The van der Waals surface area contributed by atoms with Crippen molar-refractivity contribution >= 4 is 18.0 Å². The molecule has 0 aromatic heterocycles. The fourth-order valence-electron chi connectivity index (χ4n) is 2.19. The highest BCUT2D eigenvalue weighted by molar-refractivity contribution is 6.03. The van der Waals surface area contributed by atoms with Crippen LogP contribution in [0.3, 0.4) is 0 Å². The van der Waals surface area contributed by atoms with Crippen molar-refractivity contribution in [2.24, 2.45) is 0 Å². The van der Waals surface area contributed by atoms with Gasteiger partial charge >= 0.3 is 12.1 Å². The zero-order chi connectivity index (χ0) is 20.0. The number of halogens is 3. The quantitative estimate of drug-likeness (QED) is 0.636. The van der Waals surface area contributed by atoms with E-state index in [4.69, 9.17) is 4.74 Å². The van der Waals surface area contributed by atoms with Crippen LogP contribution in [0.4, 0.5) is 13.2 Å². The van der Waals surface area contributed by atoms with Gasteiger partial charge in [0, 0.05) is 5.56 Å². The Bertz CT molecular complexity index is 861. The van der Waals surface area contributed by atoms with Gasteiger partial charge in [0.25, 0.3) is 5.91 Å². The Balaban J connectivity index is 2.43. The van der Waals surface area contributed by atoms with Crippen molar-refractivity contribution in [1.82, 2.24) is 5.32 Å². The zero-order valence-electron chi connectivity index (χ0n) is 14.5. The third-order valence-corrected chi connectivity index (χ3v) is 3.49. The molecule has 8 heteroatoms. The van der Waals surface area contributed by atoms with E-state index in [-0.39, 0.29) is 22.6 Å². The Kier molecular flexibility index (Phi) is 6.23. The maximum atomic E-state index is 13.0. The summed E-state index contributed by atoms with van der Waals surface area (Å²) >= 11 is 0. The van der Waals surface area contributed by atoms with Crippen molar-refractivity contribution in [2.75, 3.05) is 14.2 Å². The van der Waals surface area contributed by atoms with Crippen molar-refractivity contribution in [3.05, 3.63) is 70.9 Å². The third-order valence-electron chi connectivity index (χ3n) is 3.49. The molecule has 0 atom stereocenters. The summed E-state index contributed by atoms with van der Waals surface area (Å²) in [6.07, 6.45) is -3.51. The molecule has 2 rings (SSSR count). The van der Waals surface area contributed by atoms with Gasteiger partial charge in [-0.15, -0.1) is 0 Å². The predicted octanol–water partition coefficient (Wildman–Crippen LogP) is 3.66. The number of hydrogen-bond donors (Lipinski definition) is 1. The van der Waals surface area contributed by atoms with E-state index in [9.17, 15) is 22.8 Å². The number of nitrogens with one attached hydrogen (secondary N) is 1. The van der Waals surface area contributed by atoms with Crippen molar-refractivity contribution < 1.29 is 32.2 Å². The minimum absolute atomic E-state index is 0.00966. The first-order valence-corrected chi connectivity index (χ1v) is 7.67. The molecular weight excluding hydrogens is 363 g/mol. The average Bonchev–Trinajstić information content (AvgIpc) is 2.66. The summed E-state index contributed by atoms with van der Waals surface area (Å²) in [5, 5.41) is 2.35. The molecule has 142 valence electrons.